The van der Waals surface area contributed by atoms with Gasteiger partial charge >= 0.3 is 0 Å². The van der Waals surface area contributed by atoms with E-state index in [1.807, 2.05) is 19.1 Å². The zero-order valence-electron chi connectivity index (χ0n) is 12.2. The lowest BCUT2D eigenvalue weighted by Crippen LogP contribution is -2.21. The third-order valence-electron chi connectivity index (χ3n) is 3.76. The van der Waals surface area contributed by atoms with Crippen LogP contribution >= 0.6 is 11.6 Å². The average Bonchev–Trinajstić information content (AvgIpc) is 2.46. The van der Waals surface area contributed by atoms with Crippen LogP contribution in [0.15, 0.2) is 48.5 Å². The van der Waals surface area contributed by atoms with Gasteiger partial charge in [-0.25, -0.2) is 0 Å². The van der Waals surface area contributed by atoms with Gasteiger partial charge in [-0.15, -0.1) is 0 Å². The predicted octanol–water partition coefficient (Wildman–Crippen LogP) is 4.56. The molecule has 0 heterocycles. The van der Waals surface area contributed by atoms with Gasteiger partial charge < -0.3 is 10.6 Å². The molecule has 0 spiro atoms. The predicted molar refractivity (Wildman–Crippen MR) is 87.3 cm³/mol. The Morgan fingerprint density at radius 3 is 1.90 bits per heavy atom. The van der Waals surface area contributed by atoms with Crippen molar-refractivity contribution in [1.82, 2.24) is 0 Å². The van der Waals surface area contributed by atoms with Crippen LogP contribution in [-0.4, -0.2) is 7.05 Å². The second-order valence-electron chi connectivity index (χ2n) is 5.22. The quantitative estimate of drug-likeness (QED) is 0.894. The highest BCUT2D eigenvalue weighted by Crippen LogP contribution is 2.27. The van der Waals surface area contributed by atoms with E-state index < -0.39 is 0 Å². The van der Waals surface area contributed by atoms with Gasteiger partial charge in [-0.3, -0.25) is 0 Å². The Hall–Kier alpha value is -1.51. The minimum atomic E-state index is 0.0723. The maximum Gasteiger partial charge on any atom is 0.0511 e. The van der Waals surface area contributed by atoms with Crippen LogP contribution in [0.1, 0.15) is 37.1 Å². The summed E-state index contributed by atoms with van der Waals surface area (Å²) in [5.41, 5.74) is 9.45. The van der Waals surface area contributed by atoms with Crippen molar-refractivity contribution in [1.29, 1.82) is 0 Å². The summed E-state index contributed by atoms with van der Waals surface area (Å²) >= 11 is 5.93. The molecular formula is C17H21ClN2. The number of nitrogens with zero attached hydrogens (tertiary/aromatic N) is 1. The molecule has 2 N–H and O–H groups in total. The highest BCUT2D eigenvalue weighted by molar-refractivity contribution is 6.30. The van der Waals surface area contributed by atoms with E-state index in [4.69, 9.17) is 17.3 Å². The zero-order valence-corrected chi connectivity index (χ0v) is 12.9. The van der Waals surface area contributed by atoms with Crippen molar-refractivity contribution in [2.45, 2.75) is 25.9 Å². The molecule has 0 aliphatic carbocycles. The second kappa shape index (κ2) is 6.29. The Labute approximate surface area is 126 Å². The van der Waals surface area contributed by atoms with E-state index >= 15 is 0 Å². The summed E-state index contributed by atoms with van der Waals surface area (Å²) in [6.07, 6.45) is 0. The topological polar surface area (TPSA) is 29.3 Å². The third kappa shape index (κ3) is 3.33. The van der Waals surface area contributed by atoms with Gasteiger partial charge in [-0.2, -0.15) is 0 Å². The van der Waals surface area contributed by atoms with E-state index in [2.05, 4.69) is 55.3 Å². The Kier molecular flexibility index (Phi) is 4.69. The van der Waals surface area contributed by atoms with Gasteiger partial charge in [0.25, 0.3) is 0 Å². The molecule has 0 radical (unpaired) electrons. The fourth-order valence-corrected chi connectivity index (χ4v) is 2.33. The normalized spacial score (nSPS) is 13.8. The van der Waals surface area contributed by atoms with Crippen molar-refractivity contribution in [3.63, 3.8) is 0 Å². The van der Waals surface area contributed by atoms with E-state index in [0.717, 1.165) is 10.6 Å². The molecule has 0 aliphatic rings. The smallest absolute Gasteiger partial charge is 0.0511 e. The Balaban J connectivity index is 2.17. The number of halogens is 1. The second-order valence-corrected chi connectivity index (χ2v) is 5.66. The van der Waals surface area contributed by atoms with E-state index in [0.29, 0.717) is 0 Å². The standard InChI is InChI=1S/C17H21ClN2/c1-12(19)14-6-10-17(11-7-14)20(3)13(2)15-4-8-16(18)9-5-15/h4-13H,19H2,1-3H3. The van der Waals surface area contributed by atoms with E-state index in [1.165, 1.54) is 11.3 Å². The van der Waals surface area contributed by atoms with E-state index in [9.17, 15) is 0 Å². The van der Waals surface area contributed by atoms with Crippen LogP contribution in [0.4, 0.5) is 5.69 Å². The van der Waals surface area contributed by atoms with Crippen LogP contribution in [0, 0.1) is 0 Å². The van der Waals surface area contributed by atoms with Crippen LogP contribution in [-0.2, 0) is 0 Å². The zero-order chi connectivity index (χ0) is 14.7. The first-order valence-electron chi connectivity index (χ1n) is 6.83. The SMILES string of the molecule is CC(N)c1ccc(N(C)C(C)c2ccc(Cl)cc2)cc1. The minimum Gasteiger partial charge on any atom is -0.368 e. The molecule has 3 heteroatoms. The van der Waals surface area contributed by atoms with Gasteiger partial charge in [0.2, 0.25) is 0 Å². The van der Waals surface area contributed by atoms with Crippen LogP contribution in [0.25, 0.3) is 0 Å². The summed E-state index contributed by atoms with van der Waals surface area (Å²) in [5.74, 6) is 0. The van der Waals surface area contributed by atoms with Crippen LogP contribution in [0.5, 0.6) is 0 Å². The summed E-state index contributed by atoms with van der Waals surface area (Å²) < 4.78 is 0. The number of hydrogen-bond acceptors (Lipinski definition) is 2. The first-order valence-corrected chi connectivity index (χ1v) is 7.20. The molecule has 0 aromatic heterocycles. The van der Waals surface area contributed by atoms with Gasteiger partial charge in [0, 0.05) is 23.8 Å². The van der Waals surface area contributed by atoms with Crippen LogP contribution < -0.4 is 10.6 Å². The third-order valence-corrected chi connectivity index (χ3v) is 4.01. The maximum absolute atomic E-state index is 5.93. The van der Waals surface area contributed by atoms with Gasteiger partial charge in [0.1, 0.15) is 0 Å². The molecule has 2 nitrogen and oxygen atoms in total. The fourth-order valence-electron chi connectivity index (χ4n) is 2.20. The molecular weight excluding hydrogens is 268 g/mol. The molecule has 2 unspecified atom stereocenters. The fraction of sp³-hybridized carbons (Fsp3) is 0.294. The highest BCUT2D eigenvalue weighted by Gasteiger charge is 2.12. The van der Waals surface area contributed by atoms with Crippen molar-refractivity contribution in [3.05, 3.63) is 64.7 Å². The molecule has 2 aromatic carbocycles. The molecule has 20 heavy (non-hydrogen) atoms. The van der Waals surface area contributed by atoms with Crippen LogP contribution in [0.2, 0.25) is 5.02 Å². The molecule has 0 aliphatic heterocycles. The Morgan fingerprint density at radius 1 is 0.900 bits per heavy atom. The lowest BCUT2D eigenvalue weighted by molar-refractivity contribution is 0.738. The van der Waals surface area contributed by atoms with Crippen molar-refractivity contribution in [2.75, 3.05) is 11.9 Å². The summed E-state index contributed by atoms with van der Waals surface area (Å²) in [6.45, 7) is 4.18. The molecule has 0 amide bonds. The summed E-state index contributed by atoms with van der Waals surface area (Å²) in [5, 5.41) is 0.768. The average molecular weight is 289 g/mol. The number of rotatable bonds is 4. The molecule has 0 bridgehead atoms. The van der Waals surface area contributed by atoms with Crippen molar-refractivity contribution < 1.29 is 0 Å². The lowest BCUT2D eigenvalue weighted by atomic mass is 10.1. The Bertz CT molecular complexity index is 546. The molecule has 0 saturated carbocycles. The first kappa shape index (κ1) is 14.9. The first-order chi connectivity index (χ1) is 9.49. The number of anilines is 1. The van der Waals surface area contributed by atoms with E-state index in [-0.39, 0.29) is 12.1 Å². The summed E-state index contributed by atoms with van der Waals surface area (Å²) in [6, 6.07) is 16.8. The monoisotopic (exact) mass is 288 g/mol. The lowest BCUT2D eigenvalue weighted by Gasteiger charge is -2.28. The van der Waals surface area contributed by atoms with Gasteiger partial charge in [-0.1, -0.05) is 35.9 Å². The largest absolute Gasteiger partial charge is 0.368 e. The van der Waals surface area contributed by atoms with Crippen molar-refractivity contribution >= 4 is 17.3 Å². The minimum absolute atomic E-state index is 0.0723. The van der Waals surface area contributed by atoms with Gasteiger partial charge in [0.15, 0.2) is 0 Å². The van der Waals surface area contributed by atoms with Gasteiger partial charge in [0.05, 0.1) is 6.04 Å². The van der Waals surface area contributed by atoms with Crippen molar-refractivity contribution in [3.8, 4) is 0 Å². The molecule has 106 valence electrons. The van der Waals surface area contributed by atoms with Crippen molar-refractivity contribution in [2.24, 2.45) is 5.73 Å². The molecule has 2 rings (SSSR count). The van der Waals surface area contributed by atoms with Gasteiger partial charge in [-0.05, 0) is 49.2 Å². The Morgan fingerprint density at radius 2 is 1.40 bits per heavy atom. The molecule has 0 fully saturated rings. The summed E-state index contributed by atoms with van der Waals surface area (Å²) in [4.78, 5) is 2.24. The number of hydrogen-bond donors (Lipinski definition) is 1. The highest BCUT2D eigenvalue weighted by atomic mass is 35.5. The number of benzene rings is 2. The van der Waals surface area contributed by atoms with Crippen LogP contribution in [0.3, 0.4) is 0 Å². The summed E-state index contributed by atoms with van der Waals surface area (Å²) in [7, 11) is 2.10. The van der Waals surface area contributed by atoms with E-state index in [1.54, 1.807) is 0 Å². The molecule has 2 aromatic rings. The maximum atomic E-state index is 5.93. The molecule has 0 saturated heterocycles. The number of nitrogens with two attached hydrogens (primary N) is 1. The molecule has 2 atom stereocenters.